The van der Waals surface area contributed by atoms with E-state index in [9.17, 15) is 5.11 Å². The second-order valence-electron chi connectivity index (χ2n) is 4.52. The highest BCUT2D eigenvalue weighted by molar-refractivity contribution is 9.10. The van der Waals surface area contributed by atoms with Crippen molar-refractivity contribution in [3.8, 4) is 11.5 Å². The number of phenols is 1. The summed E-state index contributed by atoms with van der Waals surface area (Å²) < 4.78 is 5.80. The number of ether oxygens (including phenoxy) is 1. The molecule has 1 fully saturated rings. The summed E-state index contributed by atoms with van der Waals surface area (Å²) in [6.45, 7) is 3.04. The number of hydrogen-bond acceptors (Lipinski definition) is 3. The minimum Gasteiger partial charge on any atom is -0.503 e. The van der Waals surface area contributed by atoms with Gasteiger partial charge in [0.15, 0.2) is 11.5 Å². The fourth-order valence-electron chi connectivity index (χ4n) is 2.08. The molecule has 1 aromatic rings. The van der Waals surface area contributed by atoms with Crippen molar-refractivity contribution in [2.75, 3.05) is 7.11 Å². The Labute approximate surface area is 110 Å². The smallest absolute Gasteiger partial charge is 0.172 e. The van der Waals surface area contributed by atoms with Crippen molar-refractivity contribution < 1.29 is 9.84 Å². The Balaban J connectivity index is 1.99. The summed E-state index contributed by atoms with van der Waals surface area (Å²) in [5, 5.41) is 13.2. The maximum atomic E-state index is 9.70. The SMILES string of the molecule is CCC1CC1NCc1cc(Br)c(O)c(OC)c1. The number of hydrogen-bond donors (Lipinski definition) is 2. The molecule has 0 saturated heterocycles. The lowest BCUT2D eigenvalue weighted by molar-refractivity contribution is 0.371. The summed E-state index contributed by atoms with van der Waals surface area (Å²) >= 11 is 3.33. The Morgan fingerprint density at radius 2 is 2.29 bits per heavy atom. The number of aromatic hydroxyl groups is 1. The second-order valence-corrected chi connectivity index (χ2v) is 5.37. The summed E-state index contributed by atoms with van der Waals surface area (Å²) in [7, 11) is 1.56. The molecular formula is C13H18BrNO2. The van der Waals surface area contributed by atoms with Crippen LogP contribution in [0.25, 0.3) is 0 Å². The van der Waals surface area contributed by atoms with E-state index in [2.05, 4.69) is 28.2 Å². The van der Waals surface area contributed by atoms with Crippen LogP contribution in [0.15, 0.2) is 16.6 Å². The van der Waals surface area contributed by atoms with E-state index in [1.165, 1.54) is 12.8 Å². The van der Waals surface area contributed by atoms with Crippen molar-refractivity contribution in [1.29, 1.82) is 0 Å². The Morgan fingerprint density at radius 1 is 1.53 bits per heavy atom. The molecule has 1 saturated carbocycles. The van der Waals surface area contributed by atoms with Crippen molar-refractivity contribution in [2.24, 2.45) is 5.92 Å². The fraction of sp³-hybridized carbons (Fsp3) is 0.538. The lowest BCUT2D eigenvalue weighted by Gasteiger charge is -2.09. The molecule has 2 unspecified atom stereocenters. The van der Waals surface area contributed by atoms with Gasteiger partial charge in [0.2, 0.25) is 0 Å². The van der Waals surface area contributed by atoms with E-state index in [-0.39, 0.29) is 5.75 Å². The van der Waals surface area contributed by atoms with Crippen LogP contribution < -0.4 is 10.1 Å². The Hall–Kier alpha value is -0.740. The third kappa shape index (κ3) is 2.93. The molecule has 0 aromatic heterocycles. The summed E-state index contributed by atoms with van der Waals surface area (Å²) in [5.74, 6) is 1.52. The third-order valence-electron chi connectivity index (χ3n) is 3.32. The molecule has 1 aliphatic rings. The number of halogens is 1. The number of rotatable bonds is 5. The van der Waals surface area contributed by atoms with Crippen LogP contribution in [0.2, 0.25) is 0 Å². The number of phenolic OH excluding ortho intramolecular Hbond substituents is 1. The van der Waals surface area contributed by atoms with Crippen molar-refractivity contribution in [1.82, 2.24) is 5.32 Å². The van der Waals surface area contributed by atoms with Gasteiger partial charge in [-0.1, -0.05) is 13.3 Å². The summed E-state index contributed by atoms with van der Waals surface area (Å²) in [6, 6.07) is 4.46. The van der Waals surface area contributed by atoms with E-state index in [0.29, 0.717) is 16.3 Å². The van der Waals surface area contributed by atoms with Crippen molar-refractivity contribution in [3.05, 3.63) is 22.2 Å². The van der Waals surface area contributed by atoms with Crippen molar-refractivity contribution in [3.63, 3.8) is 0 Å². The van der Waals surface area contributed by atoms with Crippen LogP contribution in [-0.4, -0.2) is 18.3 Å². The lowest BCUT2D eigenvalue weighted by Crippen LogP contribution is -2.17. The highest BCUT2D eigenvalue weighted by atomic mass is 79.9. The highest BCUT2D eigenvalue weighted by Gasteiger charge is 2.34. The zero-order chi connectivity index (χ0) is 12.4. The molecule has 17 heavy (non-hydrogen) atoms. The Bertz CT molecular complexity index is 409. The van der Waals surface area contributed by atoms with E-state index in [1.54, 1.807) is 7.11 Å². The normalized spacial score (nSPS) is 22.5. The molecule has 1 aromatic carbocycles. The quantitative estimate of drug-likeness (QED) is 0.878. The molecule has 0 aliphatic heterocycles. The average Bonchev–Trinajstić information content (AvgIpc) is 3.09. The van der Waals surface area contributed by atoms with Crippen LogP contribution in [0.1, 0.15) is 25.3 Å². The molecule has 1 aliphatic carbocycles. The first-order valence-electron chi connectivity index (χ1n) is 5.94. The first kappa shape index (κ1) is 12.7. The van der Waals surface area contributed by atoms with Gasteiger partial charge in [-0.25, -0.2) is 0 Å². The molecule has 0 spiro atoms. The summed E-state index contributed by atoms with van der Waals surface area (Å²) in [5.41, 5.74) is 1.12. The Kier molecular flexibility index (Phi) is 3.94. The molecule has 0 heterocycles. The van der Waals surface area contributed by atoms with Crippen LogP contribution in [0.5, 0.6) is 11.5 Å². The highest BCUT2D eigenvalue weighted by Crippen LogP contribution is 2.36. The van der Waals surface area contributed by atoms with Crippen LogP contribution in [-0.2, 0) is 6.54 Å². The van der Waals surface area contributed by atoms with Gasteiger partial charge in [0.05, 0.1) is 11.6 Å². The topological polar surface area (TPSA) is 41.5 Å². The van der Waals surface area contributed by atoms with Gasteiger partial charge in [-0.2, -0.15) is 0 Å². The second kappa shape index (κ2) is 5.27. The van der Waals surface area contributed by atoms with Gasteiger partial charge in [0.1, 0.15) is 0 Å². The molecule has 2 rings (SSSR count). The van der Waals surface area contributed by atoms with E-state index in [1.807, 2.05) is 12.1 Å². The molecule has 0 radical (unpaired) electrons. The lowest BCUT2D eigenvalue weighted by atomic mass is 10.2. The van der Waals surface area contributed by atoms with E-state index in [4.69, 9.17) is 4.74 Å². The predicted molar refractivity (Wildman–Crippen MR) is 71.4 cm³/mol. The summed E-state index contributed by atoms with van der Waals surface area (Å²) in [6.07, 6.45) is 2.53. The van der Waals surface area contributed by atoms with Gasteiger partial charge in [-0.3, -0.25) is 0 Å². The van der Waals surface area contributed by atoms with Gasteiger partial charge in [-0.05, 0) is 46.0 Å². The Morgan fingerprint density at radius 3 is 2.88 bits per heavy atom. The first-order chi connectivity index (χ1) is 8.15. The van der Waals surface area contributed by atoms with Crippen LogP contribution >= 0.6 is 15.9 Å². The molecule has 0 bridgehead atoms. The predicted octanol–water partition coefficient (Wildman–Crippen LogP) is 3.05. The molecule has 2 atom stereocenters. The van der Waals surface area contributed by atoms with Crippen molar-refractivity contribution in [2.45, 2.75) is 32.4 Å². The van der Waals surface area contributed by atoms with Crippen LogP contribution in [0.3, 0.4) is 0 Å². The average molecular weight is 300 g/mol. The van der Waals surface area contributed by atoms with Gasteiger partial charge in [0.25, 0.3) is 0 Å². The molecule has 3 nitrogen and oxygen atoms in total. The molecular weight excluding hydrogens is 282 g/mol. The number of methoxy groups -OCH3 is 1. The minimum atomic E-state index is 0.161. The van der Waals surface area contributed by atoms with Crippen LogP contribution in [0.4, 0.5) is 0 Å². The van der Waals surface area contributed by atoms with Gasteiger partial charge in [-0.15, -0.1) is 0 Å². The van der Waals surface area contributed by atoms with Gasteiger partial charge >= 0.3 is 0 Å². The van der Waals surface area contributed by atoms with Crippen LogP contribution in [0, 0.1) is 5.92 Å². The molecule has 0 amide bonds. The largest absolute Gasteiger partial charge is 0.503 e. The van der Waals surface area contributed by atoms with E-state index in [0.717, 1.165) is 18.0 Å². The maximum absolute atomic E-state index is 9.70. The molecule has 94 valence electrons. The third-order valence-corrected chi connectivity index (χ3v) is 3.93. The standard InChI is InChI=1S/C13H18BrNO2/c1-3-9-6-11(9)15-7-8-4-10(14)13(16)12(5-8)17-2/h4-5,9,11,15-16H,3,6-7H2,1-2H3. The minimum absolute atomic E-state index is 0.161. The summed E-state index contributed by atoms with van der Waals surface area (Å²) in [4.78, 5) is 0. The van der Waals surface area contributed by atoms with E-state index < -0.39 is 0 Å². The fourth-order valence-corrected chi connectivity index (χ4v) is 2.57. The maximum Gasteiger partial charge on any atom is 0.172 e. The van der Waals surface area contributed by atoms with Gasteiger partial charge in [0, 0.05) is 12.6 Å². The molecule has 2 N–H and O–H groups in total. The zero-order valence-electron chi connectivity index (χ0n) is 10.2. The number of benzene rings is 1. The zero-order valence-corrected chi connectivity index (χ0v) is 11.8. The van der Waals surface area contributed by atoms with Gasteiger partial charge < -0.3 is 15.2 Å². The monoisotopic (exact) mass is 299 g/mol. The number of nitrogens with one attached hydrogen (secondary N) is 1. The molecule has 4 heteroatoms. The first-order valence-corrected chi connectivity index (χ1v) is 6.73. The van der Waals surface area contributed by atoms with E-state index >= 15 is 0 Å². The van der Waals surface area contributed by atoms with Crippen molar-refractivity contribution >= 4 is 15.9 Å².